The Morgan fingerprint density at radius 1 is 1.38 bits per heavy atom. The average Bonchev–Trinajstić information content (AvgIpc) is 2.30. The molecule has 0 amide bonds. The highest BCUT2D eigenvalue weighted by atomic mass is 19.1. The lowest BCUT2D eigenvalue weighted by atomic mass is 10.2. The number of carbonyl (C=O) groups excluding carboxylic acids is 1. The monoisotopic (exact) mass is 226 g/mol. The second kappa shape index (κ2) is 6.95. The molecule has 1 aromatic rings. The molecule has 1 rings (SSSR count). The van der Waals surface area contributed by atoms with Crippen molar-refractivity contribution in [3.63, 3.8) is 0 Å². The van der Waals surface area contributed by atoms with Gasteiger partial charge in [0.2, 0.25) is 0 Å². The molecule has 0 fully saturated rings. The molecule has 0 bridgehead atoms. The third-order valence-electron chi connectivity index (χ3n) is 1.99. The van der Waals surface area contributed by atoms with Crippen molar-refractivity contribution in [2.75, 3.05) is 19.8 Å². The van der Waals surface area contributed by atoms with Crippen molar-refractivity contribution >= 4 is 6.29 Å². The van der Waals surface area contributed by atoms with Gasteiger partial charge in [0.25, 0.3) is 0 Å². The Balaban J connectivity index is 2.39. The van der Waals surface area contributed by atoms with Crippen molar-refractivity contribution in [3.05, 3.63) is 29.6 Å². The Morgan fingerprint density at radius 2 is 2.19 bits per heavy atom. The van der Waals surface area contributed by atoms with Crippen LogP contribution in [-0.2, 0) is 4.74 Å². The molecule has 0 saturated carbocycles. The number of benzene rings is 1. The van der Waals surface area contributed by atoms with Gasteiger partial charge in [-0.05, 0) is 25.1 Å². The van der Waals surface area contributed by atoms with Gasteiger partial charge in [-0.25, -0.2) is 4.39 Å². The first-order chi connectivity index (χ1) is 7.77. The van der Waals surface area contributed by atoms with Crippen LogP contribution in [0.3, 0.4) is 0 Å². The molecule has 88 valence electrons. The first kappa shape index (κ1) is 12.6. The van der Waals surface area contributed by atoms with Crippen LogP contribution < -0.4 is 4.74 Å². The molecule has 0 aromatic heterocycles. The number of rotatable bonds is 7. The van der Waals surface area contributed by atoms with Gasteiger partial charge in [0, 0.05) is 25.2 Å². The summed E-state index contributed by atoms with van der Waals surface area (Å²) in [5, 5.41) is 0. The van der Waals surface area contributed by atoms with E-state index in [1.807, 2.05) is 6.92 Å². The topological polar surface area (TPSA) is 35.5 Å². The van der Waals surface area contributed by atoms with Gasteiger partial charge in [-0.3, -0.25) is 4.79 Å². The van der Waals surface area contributed by atoms with Crippen molar-refractivity contribution in [2.24, 2.45) is 0 Å². The van der Waals surface area contributed by atoms with Crippen molar-refractivity contribution in [2.45, 2.75) is 13.3 Å². The maximum Gasteiger partial charge on any atom is 0.165 e. The Morgan fingerprint density at radius 3 is 2.81 bits per heavy atom. The predicted molar refractivity (Wildman–Crippen MR) is 58.4 cm³/mol. The van der Waals surface area contributed by atoms with E-state index in [9.17, 15) is 9.18 Å². The molecule has 0 heterocycles. The van der Waals surface area contributed by atoms with Crippen LogP contribution in [0.2, 0.25) is 0 Å². The third-order valence-corrected chi connectivity index (χ3v) is 1.99. The number of aldehydes is 1. The molecule has 0 atom stereocenters. The van der Waals surface area contributed by atoms with Gasteiger partial charge < -0.3 is 9.47 Å². The van der Waals surface area contributed by atoms with E-state index in [2.05, 4.69) is 0 Å². The van der Waals surface area contributed by atoms with Gasteiger partial charge in [0.15, 0.2) is 11.6 Å². The number of hydrogen-bond donors (Lipinski definition) is 0. The van der Waals surface area contributed by atoms with E-state index in [0.717, 1.165) is 6.07 Å². The highest BCUT2D eigenvalue weighted by molar-refractivity contribution is 5.74. The van der Waals surface area contributed by atoms with Crippen molar-refractivity contribution in [3.8, 4) is 5.75 Å². The first-order valence-corrected chi connectivity index (χ1v) is 5.23. The molecular weight excluding hydrogens is 211 g/mol. The summed E-state index contributed by atoms with van der Waals surface area (Å²) in [5.74, 6) is -0.344. The zero-order chi connectivity index (χ0) is 11.8. The molecule has 16 heavy (non-hydrogen) atoms. The first-order valence-electron chi connectivity index (χ1n) is 5.23. The third kappa shape index (κ3) is 3.98. The van der Waals surface area contributed by atoms with E-state index in [0.29, 0.717) is 38.1 Å². The minimum atomic E-state index is -0.513. The SMILES string of the molecule is CCOCCCOc1ccc(C=O)cc1F. The Hall–Kier alpha value is -1.42. The summed E-state index contributed by atoms with van der Waals surface area (Å²) in [6.07, 6.45) is 1.31. The highest BCUT2D eigenvalue weighted by Gasteiger charge is 2.03. The summed E-state index contributed by atoms with van der Waals surface area (Å²) in [5.41, 5.74) is 0.305. The lowest BCUT2D eigenvalue weighted by Gasteiger charge is -2.07. The molecule has 0 radical (unpaired) electrons. The number of carbonyl (C=O) groups is 1. The van der Waals surface area contributed by atoms with E-state index < -0.39 is 5.82 Å². The zero-order valence-electron chi connectivity index (χ0n) is 9.24. The minimum Gasteiger partial charge on any atom is -0.490 e. The van der Waals surface area contributed by atoms with Gasteiger partial charge in [0.05, 0.1) is 6.61 Å². The Bertz CT molecular complexity index is 339. The quantitative estimate of drug-likeness (QED) is 0.529. The van der Waals surface area contributed by atoms with Crippen LogP contribution >= 0.6 is 0 Å². The lowest BCUT2D eigenvalue weighted by Crippen LogP contribution is -2.04. The summed E-state index contributed by atoms with van der Waals surface area (Å²) >= 11 is 0. The predicted octanol–water partition coefficient (Wildman–Crippen LogP) is 2.44. The standard InChI is InChI=1S/C12H15FO3/c1-2-15-6-3-7-16-12-5-4-10(9-14)8-11(12)13/h4-5,8-9H,2-3,6-7H2,1H3. The fourth-order valence-electron chi connectivity index (χ4n) is 1.19. The molecule has 0 N–H and O–H groups in total. The molecule has 0 aliphatic carbocycles. The maximum absolute atomic E-state index is 13.3. The molecule has 3 nitrogen and oxygen atoms in total. The van der Waals surface area contributed by atoms with Crippen LogP contribution in [0.15, 0.2) is 18.2 Å². The maximum atomic E-state index is 13.3. The second-order valence-electron chi connectivity index (χ2n) is 3.21. The van der Waals surface area contributed by atoms with Crippen LogP contribution in [0.4, 0.5) is 4.39 Å². The Labute approximate surface area is 94.2 Å². The number of ether oxygens (including phenoxy) is 2. The van der Waals surface area contributed by atoms with Crippen molar-refractivity contribution in [1.29, 1.82) is 0 Å². The van der Waals surface area contributed by atoms with Crippen molar-refractivity contribution in [1.82, 2.24) is 0 Å². The molecule has 0 saturated heterocycles. The van der Waals surface area contributed by atoms with E-state index in [1.54, 1.807) is 0 Å². The van der Waals surface area contributed by atoms with Gasteiger partial charge in [-0.15, -0.1) is 0 Å². The van der Waals surface area contributed by atoms with Crippen LogP contribution in [0.25, 0.3) is 0 Å². The van der Waals surface area contributed by atoms with Gasteiger partial charge in [0.1, 0.15) is 6.29 Å². The number of halogens is 1. The summed E-state index contributed by atoms with van der Waals surface area (Å²) in [6, 6.07) is 4.14. The van der Waals surface area contributed by atoms with E-state index in [1.165, 1.54) is 12.1 Å². The molecule has 0 aliphatic rings. The lowest BCUT2D eigenvalue weighted by molar-refractivity contribution is 0.112. The minimum absolute atomic E-state index is 0.169. The van der Waals surface area contributed by atoms with Gasteiger partial charge in [-0.1, -0.05) is 0 Å². The van der Waals surface area contributed by atoms with Crippen LogP contribution in [0.1, 0.15) is 23.7 Å². The molecule has 0 spiro atoms. The zero-order valence-corrected chi connectivity index (χ0v) is 9.24. The summed E-state index contributed by atoms with van der Waals surface area (Å²) in [7, 11) is 0. The molecule has 1 aromatic carbocycles. The van der Waals surface area contributed by atoms with E-state index >= 15 is 0 Å². The Kier molecular flexibility index (Phi) is 5.50. The molecule has 0 aliphatic heterocycles. The molecule has 0 unspecified atom stereocenters. The smallest absolute Gasteiger partial charge is 0.165 e. The summed E-state index contributed by atoms with van der Waals surface area (Å²) < 4.78 is 23.6. The summed E-state index contributed by atoms with van der Waals surface area (Å²) in [4.78, 5) is 10.4. The fraction of sp³-hybridized carbons (Fsp3) is 0.417. The fourth-order valence-corrected chi connectivity index (χ4v) is 1.19. The van der Waals surface area contributed by atoms with E-state index in [-0.39, 0.29) is 5.75 Å². The molecule has 4 heteroatoms. The van der Waals surface area contributed by atoms with Crippen molar-refractivity contribution < 1.29 is 18.7 Å². The molecular formula is C12H15FO3. The average molecular weight is 226 g/mol. The van der Waals surface area contributed by atoms with Crippen LogP contribution in [0, 0.1) is 5.82 Å². The highest BCUT2D eigenvalue weighted by Crippen LogP contribution is 2.17. The van der Waals surface area contributed by atoms with Crippen LogP contribution in [-0.4, -0.2) is 26.1 Å². The normalized spacial score (nSPS) is 10.1. The van der Waals surface area contributed by atoms with Gasteiger partial charge >= 0.3 is 0 Å². The van der Waals surface area contributed by atoms with E-state index in [4.69, 9.17) is 9.47 Å². The summed E-state index contributed by atoms with van der Waals surface area (Å²) in [6.45, 7) is 3.59. The second-order valence-corrected chi connectivity index (χ2v) is 3.21. The largest absolute Gasteiger partial charge is 0.490 e. The number of hydrogen-bond acceptors (Lipinski definition) is 3. The van der Waals surface area contributed by atoms with Gasteiger partial charge in [-0.2, -0.15) is 0 Å². The van der Waals surface area contributed by atoms with Crippen LogP contribution in [0.5, 0.6) is 5.75 Å².